The van der Waals surface area contributed by atoms with Crippen molar-refractivity contribution in [2.45, 2.75) is 19.3 Å². The predicted molar refractivity (Wildman–Crippen MR) is 111 cm³/mol. The Morgan fingerprint density at radius 3 is 2.15 bits per heavy atom. The van der Waals surface area contributed by atoms with Crippen molar-refractivity contribution in [3.8, 4) is 5.75 Å². The van der Waals surface area contributed by atoms with Crippen LogP contribution in [0.2, 0.25) is 0 Å². The number of pyridine rings is 1. The molecule has 27 heavy (non-hydrogen) atoms. The van der Waals surface area contributed by atoms with Crippen LogP contribution >= 0.6 is 0 Å². The number of aromatic nitrogens is 1. The second-order valence-corrected chi connectivity index (χ2v) is 6.80. The summed E-state index contributed by atoms with van der Waals surface area (Å²) in [5, 5.41) is 1.16. The van der Waals surface area contributed by atoms with Gasteiger partial charge in [-0.2, -0.15) is 0 Å². The molecule has 0 radical (unpaired) electrons. The first-order valence-corrected chi connectivity index (χ1v) is 9.36. The molecule has 2 heteroatoms. The SMILES string of the molecule is COc1ccc2cc(Cc3ccccc3)c(CCc3ccccc3)nc2c1. The van der Waals surface area contributed by atoms with Crippen LogP contribution in [0.25, 0.3) is 10.9 Å². The molecule has 4 rings (SSSR count). The molecule has 0 unspecified atom stereocenters. The molecule has 0 amide bonds. The highest BCUT2D eigenvalue weighted by atomic mass is 16.5. The third kappa shape index (κ3) is 4.17. The van der Waals surface area contributed by atoms with E-state index in [1.807, 2.05) is 12.1 Å². The molecule has 0 aliphatic heterocycles. The van der Waals surface area contributed by atoms with Crippen molar-refractivity contribution in [1.29, 1.82) is 0 Å². The molecule has 0 bridgehead atoms. The molecule has 0 N–H and O–H groups in total. The van der Waals surface area contributed by atoms with Gasteiger partial charge in [-0.25, -0.2) is 0 Å². The zero-order chi connectivity index (χ0) is 18.5. The highest BCUT2D eigenvalue weighted by Crippen LogP contribution is 2.24. The molecule has 4 aromatic rings. The van der Waals surface area contributed by atoms with E-state index in [2.05, 4.69) is 72.8 Å². The van der Waals surface area contributed by atoms with Crippen molar-refractivity contribution in [1.82, 2.24) is 4.98 Å². The van der Waals surface area contributed by atoms with Gasteiger partial charge in [0.2, 0.25) is 0 Å². The highest BCUT2D eigenvalue weighted by molar-refractivity contribution is 5.81. The summed E-state index contributed by atoms with van der Waals surface area (Å²) in [7, 11) is 1.70. The summed E-state index contributed by atoms with van der Waals surface area (Å²) in [6, 6.07) is 29.6. The van der Waals surface area contributed by atoms with Crippen molar-refractivity contribution in [2.24, 2.45) is 0 Å². The summed E-state index contributed by atoms with van der Waals surface area (Å²) < 4.78 is 5.38. The maximum atomic E-state index is 5.38. The van der Waals surface area contributed by atoms with Crippen LogP contribution in [0.5, 0.6) is 5.75 Å². The second kappa shape index (κ2) is 8.05. The zero-order valence-electron chi connectivity index (χ0n) is 15.6. The fourth-order valence-corrected chi connectivity index (χ4v) is 3.45. The van der Waals surface area contributed by atoms with E-state index < -0.39 is 0 Å². The molecule has 134 valence electrons. The average Bonchev–Trinajstić information content (AvgIpc) is 2.73. The lowest BCUT2D eigenvalue weighted by Crippen LogP contribution is -2.02. The van der Waals surface area contributed by atoms with Gasteiger partial charge in [0.1, 0.15) is 5.75 Å². The third-order valence-corrected chi connectivity index (χ3v) is 4.92. The minimum atomic E-state index is 0.847. The zero-order valence-corrected chi connectivity index (χ0v) is 15.6. The molecular formula is C25H23NO. The largest absolute Gasteiger partial charge is 0.497 e. The minimum absolute atomic E-state index is 0.847. The van der Waals surface area contributed by atoms with Crippen LogP contribution in [-0.4, -0.2) is 12.1 Å². The number of methoxy groups -OCH3 is 1. The molecule has 0 saturated carbocycles. The summed E-state index contributed by atoms with van der Waals surface area (Å²) in [6.45, 7) is 0. The molecule has 2 nitrogen and oxygen atoms in total. The lowest BCUT2D eigenvalue weighted by molar-refractivity contribution is 0.415. The van der Waals surface area contributed by atoms with E-state index in [0.29, 0.717) is 0 Å². The van der Waals surface area contributed by atoms with Crippen molar-refractivity contribution < 1.29 is 4.74 Å². The Morgan fingerprint density at radius 1 is 0.741 bits per heavy atom. The maximum Gasteiger partial charge on any atom is 0.121 e. The highest BCUT2D eigenvalue weighted by Gasteiger charge is 2.09. The summed E-state index contributed by atoms with van der Waals surface area (Å²) in [5.74, 6) is 0.847. The van der Waals surface area contributed by atoms with Gasteiger partial charge in [0, 0.05) is 17.1 Å². The molecular weight excluding hydrogens is 330 g/mol. The Morgan fingerprint density at radius 2 is 1.44 bits per heavy atom. The van der Waals surface area contributed by atoms with E-state index in [4.69, 9.17) is 9.72 Å². The van der Waals surface area contributed by atoms with Crippen LogP contribution < -0.4 is 4.74 Å². The van der Waals surface area contributed by atoms with Crippen molar-refractivity contribution in [2.75, 3.05) is 7.11 Å². The second-order valence-electron chi connectivity index (χ2n) is 6.80. The smallest absolute Gasteiger partial charge is 0.121 e. The minimum Gasteiger partial charge on any atom is -0.497 e. The molecule has 0 aliphatic rings. The van der Waals surface area contributed by atoms with E-state index >= 15 is 0 Å². The van der Waals surface area contributed by atoms with Gasteiger partial charge in [-0.1, -0.05) is 60.7 Å². The van der Waals surface area contributed by atoms with Gasteiger partial charge in [-0.3, -0.25) is 4.98 Å². The summed E-state index contributed by atoms with van der Waals surface area (Å²) in [5.41, 5.74) is 6.12. The van der Waals surface area contributed by atoms with E-state index in [-0.39, 0.29) is 0 Å². The van der Waals surface area contributed by atoms with Crippen LogP contribution in [-0.2, 0) is 19.3 Å². The number of hydrogen-bond acceptors (Lipinski definition) is 2. The quantitative estimate of drug-likeness (QED) is 0.449. The van der Waals surface area contributed by atoms with Gasteiger partial charge in [0.05, 0.1) is 12.6 Å². The van der Waals surface area contributed by atoms with Gasteiger partial charge < -0.3 is 4.74 Å². The molecule has 3 aromatic carbocycles. The Bertz CT molecular complexity index is 1030. The van der Waals surface area contributed by atoms with Crippen LogP contribution in [0.15, 0.2) is 84.9 Å². The maximum absolute atomic E-state index is 5.38. The lowest BCUT2D eigenvalue weighted by Gasteiger charge is -2.12. The molecule has 1 aromatic heterocycles. The molecule has 0 saturated heterocycles. The average molecular weight is 353 g/mol. The number of hydrogen-bond donors (Lipinski definition) is 0. The molecule has 0 fully saturated rings. The molecule has 1 heterocycles. The summed E-state index contributed by atoms with van der Waals surface area (Å²) in [6.07, 6.45) is 2.82. The first-order valence-electron chi connectivity index (χ1n) is 9.36. The Kier molecular flexibility index (Phi) is 5.15. The molecule has 0 spiro atoms. The predicted octanol–water partition coefficient (Wildman–Crippen LogP) is 5.62. The fraction of sp³-hybridized carbons (Fsp3) is 0.160. The van der Waals surface area contributed by atoms with Crippen molar-refractivity contribution in [3.63, 3.8) is 0 Å². The number of ether oxygens (including phenoxy) is 1. The first-order chi connectivity index (χ1) is 13.3. The van der Waals surface area contributed by atoms with E-state index in [9.17, 15) is 0 Å². The van der Waals surface area contributed by atoms with E-state index in [0.717, 1.165) is 35.9 Å². The number of fused-ring (bicyclic) bond motifs is 1. The number of rotatable bonds is 6. The van der Waals surface area contributed by atoms with Gasteiger partial charge in [-0.05, 0) is 54.2 Å². The van der Waals surface area contributed by atoms with Gasteiger partial charge in [0.25, 0.3) is 0 Å². The number of nitrogens with zero attached hydrogens (tertiary/aromatic N) is 1. The van der Waals surface area contributed by atoms with Crippen molar-refractivity contribution >= 4 is 10.9 Å². The lowest BCUT2D eigenvalue weighted by atomic mass is 9.98. The monoisotopic (exact) mass is 353 g/mol. The van der Waals surface area contributed by atoms with Crippen molar-refractivity contribution in [3.05, 3.63) is 107 Å². The first kappa shape index (κ1) is 17.3. The number of aryl methyl sites for hydroxylation is 2. The fourth-order valence-electron chi connectivity index (χ4n) is 3.45. The summed E-state index contributed by atoms with van der Waals surface area (Å²) in [4.78, 5) is 5.02. The Balaban J connectivity index is 1.70. The third-order valence-electron chi connectivity index (χ3n) is 4.92. The Hall–Kier alpha value is -3.13. The topological polar surface area (TPSA) is 22.1 Å². The summed E-state index contributed by atoms with van der Waals surface area (Å²) >= 11 is 0. The van der Waals surface area contributed by atoms with Crippen LogP contribution in [0.4, 0.5) is 0 Å². The van der Waals surface area contributed by atoms with Crippen LogP contribution in [0, 0.1) is 0 Å². The molecule has 0 aliphatic carbocycles. The Labute approximate surface area is 160 Å². The normalized spacial score (nSPS) is 10.9. The standard InChI is InChI=1S/C25H23NO/c1-27-23-14-13-21-17-22(16-20-10-6-3-7-11-20)24(26-25(21)18-23)15-12-19-8-4-2-5-9-19/h2-11,13-14,17-18H,12,15-16H2,1H3. The van der Waals surface area contributed by atoms with Gasteiger partial charge >= 0.3 is 0 Å². The van der Waals surface area contributed by atoms with Gasteiger partial charge in [0.15, 0.2) is 0 Å². The molecule has 0 atom stereocenters. The van der Waals surface area contributed by atoms with E-state index in [1.165, 1.54) is 22.4 Å². The van der Waals surface area contributed by atoms with Gasteiger partial charge in [-0.15, -0.1) is 0 Å². The van der Waals surface area contributed by atoms with Crippen LogP contribution in [0.1, 0.15) is 22.4 Å². The number of benzene rings is 3. The van der Waals surface area contributed by atoms with E-state index in [1.54, 1.807) is 7.11 Å². The van der Waals surface area contributed by atoms with Crippen LogP contribution in [0.3, 0.4) is 0 Å².